The molecule has 10 nitrogen and oxygen atoms in total. The molecule has 0 bridgehead atoms. The van der Waals surface area contributed by atoms with Crippen LogP contribution in [0.15, 0.2) is 0 Å². The summed E-state index contributed by atoms with van der Waals surface area (Å²) in [7, 11) is 0. The minimum atomic E-state index is -0.982. The van der Waals surface area contributed by atoms with E-state index in [1.165, 1.54) is 0 Å². The Morgan fingerprint density at radius 2 is 1.88 bits per heavy atom. The molecule has 1 aromatic heterocycles. The van der Waals surface area contributed by atoms with Crippen molar-refractivity contribution in [3.8, 4) is 6.07 Å². The number of carbonyl (C=O) groups is 4. The first-order valence-electron chi connectivity index (χ1n) is 11.4. The third kappa shape index (κ3) is 4.08. The second-order valence-electron chi connectivity index (χ2n) is 9.36. The highest BCUT2D eigenvalue weighted by atomic mass is 16.5. The molecule has 0 radical (unpaired) electrons. The highest BCUT2D eigenvalue weighted by Crippen LogP contribution is 2.42. The molecule has 1 unspecified atom stereocenters. The van der Waals surface area contributed by atoms with Crippen LogP contribution in [0.25, 0.3) is 0 Å². The van der Waals surface area contributed by atoms with Crippen LogP contribution < -0.4 is 10.6 Å². The third-order valence-electron chi connectivity index (χ3n) is 7.16. The number of nitrogens with one attached hydrogen (secondary N) is 2. The number of nitriles is 1. The van der Waals surface area contributed by atoms with Gasteiger partial charge >= 0.3 is 12.0 Å². The zero-order chi connectivity index (χ0) is 23.9. The molecule has 1 saturated heterocycles. The molecule has 4 rings (SSSR count). The van der Waals surface area contributed by atoms with Crippen molar-refractivity contribution in [1.82, 2.24) is 14.8 Å². The van der Waals surface area contributed by atoms with Gasteiger partial charge in [-0.15, -0.1) is 0 Å². The molecule has 2 saturated carbocycles. The quantitative estimate of drug-likeness (QED) is 0.479. The smallest absolute Gasteiger partial charge is 0.326 e. The maximum Gasteiger partial charge on any atom is 0.326 e. The maximum absolute atomic E-state index is 12.6. The molecule has 4 amide bonds. The Morgan fingerprint density at radius 1 is 1.21 bits per heavy atom. The van der Waals surface area contributed by atoms with Crippen LogP contribution in [0, 0.1) is 31.1 Å². The summed E-state index contributed by atoms with van der Waals surface area (Å²) in [6.07, 6.45) is 5.85. The first-order chi connectivity index (χ1) is 15.7. The molecule has 10 heteroatoms. The van der Waals surface area contributed by atoms with E-state index in [0.29, 0.717) is 11.4 Å². The molecule has 1 atom stereocenters. The van der Waals surface area contributed by atoms with Crippen LogP contribution in [0.2, 0.25) is 0 Å². The Hall–Kier alpha value is -3.35. The molecule has 2 aliphatic carbocycles. The fourth-order valence-electron chi connectivity index (χ4n) is 4.99. The van der Waals surface area contributed by atoms with Crippen molar-refractivity contribution < 1.29 is 23.9 Å². The lowest BCUT2D eigenvalue weighted by atomic mass is 9.96. The highest BCUT2D eigenvalue weighted by molar-refractivity contribution is 6.09. The van der Waals surface area contributed by atoms with Crippen LogP contribution in [0.1, 0.15) is 68.3 Å². The number of hydrogen-bond donors (Lipinski definition) is 2. The first-order valence-corrected chi connectivity index (χ1v) is 11.4. The predicted molar refractivity (Wildman–Crippen MR) is 117 cm³/mol. The molecular weight excluding hydrogens is 426 g/mol. The summed E-state index contributed by atoms with van der Waals surface area (Å²) in [4.78, 5) is 50.5. The highest BCUT2D eigenvalue weighted by Gasteiger charge is 2.56. The van der Waals surface area contributed by atoms with Crippen LogP contribution in [-0.4, -0.2) is 52.0 Å². The van der Waals surface area contributed by atoms with Crippen molar-refractivity contribution >= 4 is 29.6 Å². The molecule has 2 N–H and O–H groups in total. The Balaban J connectivity index is 1.38. The lowest BCUT2D eigenvalue weighted by molar-refractivity contribution is -0.150. The number of imide groups is 1. The Morgan fingerprint density at radius 3 is 2.48 bits per heavy atom. The van der Waals surface area contributed by atoms with Gasteiger partial charge in [0.15, 0.2) is 6.61 Å². The molecular formula is C23H29N5O5. The Labute approximate surface area is 192 Å². The van der Waals surface area contributed by atoms with Gasteiger partial charge in [0.25, 0.3) is 11.8 Å². The Kier molecular flexibility index (Phi) is 5.91. The number of esters is 1. The number of urea groups is 1. The van der Waals surface area contributed by atoms with E-state index in [4.69, 9.17) is 4.74 Å². The standard InChI is InChI=1S/C23H29N5O5/c1-13-14(2)28(16-6-4-5-7-16)20(17(13)10-24)25-18(29)12-33-19(30)11-27-21(31)23(3,15-8-9-15)26-22(27)32/h15-16H,4-9,11-12H2,1-3H3,(H,25,29)(H,26,32). The fourth-order valence-corrected chi connectivity index (χ4v) is 4.99. The monoisotopic (exact) mass is 455 g/mol. The van der Waals surface area contributed by atoms with Gasteiger partial charge in [-0.05, 0) is 57.9 Å². The number of hydrogen-bond acceptors (Lipinski definition) is 6. The summed E-state index contributed by atoms with van der Waals surface area (Å²) >= 11 is 0. The van der Waals surface area contributed by atoms with Crippen LogP contribution in [-0.2, 0) is 19.1 Å². The van der Waals surface area contributed by atoms with Gasteiger partial charge in [-0.3, -0.25) is 19.3 Å². The predicted octanol–water partition coefficient (Wildman–Crippen LogP) is 2.29. The normalized spacial score (nSPS) is 22.9. The number of carbonyl (C=O) groups excluding carboxylic acids is 4. The zero-order valence-corrected chi connectivity index (χ0v) is 19.2. The SMILES string of the molecule is Cc1c(C#N)c(NC(=O)COC(=O)CN2C(=O)NC(C)(C3CC3)C2=O)n(C2CCCC2)c1C. The van der Waals surface area contributed by atoms with Crippen LogP contribution in [0.5, 0.6) is 0 Å². The van der Waals surface area contributed by atoms with E-state index in [-0.39, 0.29) is 12.0 Å². The minimum absolute atomic E-state index is 0.0816. The van der Waals surface area contributed by atoms with Crippen LogP contribution >= 0.6 is 0 Å². The largest absolute Gasteiger partial charge is 0.454 e. The summed E-state index contributed by atoms with van der Waals surface area (Å²) < 4.78 is 7.04. The fraction of sp³-hybridized carbons (Fsp3) is 0.609. The van der Waals surface area contributed by atoms with Crippen molar-refractivity contribution in [3.63, 3.8) is 0 Å². The van der Waals surface area contributed by atoms with Gasteiger partial charge in [0.05, 0.1) is 5.56 Å². The molecule has 1 aliphatic heterocycles. The van der Waals surface area contributed by atoms with Crippen molar-refractivity contribution in [2.24, 2.45) is 5.92 Å². The van der Waals surface area contributed by atoms with E-state index in [9.17, 15) is 24.4 Å². The summed E-state index contributed by atoms with van der Waals surface area (Å²) in [5.41, 5.74) is 1.17. The number of amides is 4. The summed E-state index contributed by atoms with van der Waals surface area (Å²) in [6, 6.07) is 1.75. The molecule has 3 fully saturated rings. The van der Waals surface area contributed by atoms with Gasteiger partial charge < -0.3 is 19.9 Å². The lowest BCUT2D eigenvalue weighted by Gasteiger charge is -2.20. The molecule has 33 heavy (non-hydrogen) atoms. The topological polar surface area (TPSA) is 134 Å². The second-order valence-corrected chi connectivity index (χ2v) is 9.36. The van der Waals surface area contributed by atoms with E-state index < -0.39 is 42.5 Å². The van der Waals surface area contributed by atoms with Gasteiger partial charge in [-0.1, -0.05) is 12.8 Å². The summed E-state index contributed by atoms with van der Waals surface area (Å²) in [5, 5.41) is 15.0. The third-order valence-corrected chi connectivity index (χ3v) is 7.16. The summed E-state index contributed by atoms with van der Waals surface area (Å²) in [5.74, 6) is -1.38. The summed E-state index contributed by atoms with van der Waals surface area (Å²) in [6.45, 7) is 4.31. The molecule has 0 spiro atoms. The average molecular weight is 456 g/mol. The number of ether oxygens (including phenoxy) is 1. The molecule has 0 aromatic carbocycles. The van der Waals surface area contributed by atoms with Crippen molar-refractivity contribution in [2.45, 2.75) is 70.9 Å². The zero-order valence-electron chi connectivity index (χ0n) is 19.2. The molecule has 176 valence electrons. The minimum Gasteiger partial charge on any atom is -0.454 e. The van der Waals surface area contributed by atoms with Crippen molar-refractivity contribution in [2.75, 3.05) is 18.5 Å². The van der Waals surface area contributed by atoms with Crippen molar-refractivity contribution in [3.05, 3.63) is 16.8 Å². The molecule has 3 aliphatic rings. The van der Waals surface area contributed by atoms with E-state index >= 15 is 0 Å². The van der Waals surface area contributed by atoms with Gasteiger partial charge in [0.1, 0.15) is 24.0 Å². The lowest BCUT2D eigenvalue weighted by Crippen LogP contribution is -2.46. The Bertz CT molecular complexity index is 1060. The number of anilines is 1. The van der Waals surface area contributed by atoms with Gasteiger partial charge in [0, 0.05) is 11.7 Å². The van der Waals surface area contributed by atoms with Gasteiger partial charge in [-0.25, -0.2) is 4.79 Å². The van der Waals surface area contributed by atoms with Crippen LogP contribution in [0.3, 0.4) is 0 Å². The average Bonchev–Trinajstić information content (AvgIpc) is 3.40. The number of rotatable bonds is 7. The van der Waals surface area contributed by atoms with E-state index in [2.05, 4.69) is 16.7 Å². The van der Waals surface area contributed by atoms with Gasteiger partial charge in [0.2, 0.25) is 0 Å². The van der Waals surface area contributed by atoms with Crippen LogP contribution in [0.4, 0.5) is 10.6 Å². The first kappa shape index (κ1) is 22.8. The molecule has 2 heterocycles. The van der Waals surface area contributed by atoms with E-state index in [1.807, 2.05) is 18.4 Å². The van der Waals surface area contributed by atoms with E-state index in [1.54, 1.807) is 6.92 Å². The second kappa shape index (κ2) is 8.54. The van der Waals surface area contributed by atoms with Crippen molar-refractivity contribution in [1.29, 1.82) is 5.26 Å². The van der Waals surface area contributed by atoms with E-state index in [0.717, 1.165) is 54.7 Å². The molecule has 1 aromatic rings. The number of aromatic nitrogens is 1. The maximum atomic E-state index is 12.6. The van der Waals surface area contributed by atoms with Gasteiger partial charge in [-0.2, -0.15) is 5.26 Å². The number of nitrogens with zero attached hydrogens (tertiary/aromatic N) is 3.